The van der Waals surface area contributed by atoms with Crippen molar-refractivity contribution >= 4 is 17.6 Å². The van der Waals surface area contributed by atoms with Crippen LogP contribution in [0.3, 0.4) is 0 Å². The zero-order chi connectivity index (χ0) is 20.3. The molecule has 0 aliphatic carbocycles. The van der Waals surface area contributed by atoms with Crippen LogP contribution >= 0.6 is 11.6 Å². The first-order valence-corrected chi connectivity index (χ1v) is 9.09. The third-order valence-corrected chi connectivity index (χ3v) is 4.62. The Morgan fingerprint density at radius 3 is 2.68 bits per heavy atom. The molecule has 0 radical (unpaired) electrons. The maximum absolute atomic E-state index is 13.5. The fourth-order valence-corrected chi connectivity index (χ4v) is 3.13. The minimum Gasteiger partial charge on any atom is -0.477 e. The van der Waals surface area contributed by atoms with Crippen molar-refractivity contribution in [2.45, 2.75) is 26.3 Å². The Labute approximate surface area is 166 Å². The van der Waals surface area contributed by atoms with Crippen LogP contribution in [-0.4, -0.2) is 20.9 Å². The molecule has 0 saturated heterocycles. The molecule has 28 heavy (non-hydrogen) atoms. The van der Waals surface area contributed by atoms with Crippen LogP contribution < -0.4 is 5.56 Å². The van der Waals surface area contributed by atoms with E-state index in [-0.39, 0.29) is 17.9 Å². The summed E-state index contributed by atoms with van der Waals surface area (Å²) in [5.74, 6) is -1.69. The highest BCUT2D eigenvalue weighted by Gasteiger charge is 2.16. The molecule has 0 aliphatic heterocycles. The van der Waals surface area contributed by atoms with Crippen molar-refractivity contribution in [3.05, 3.63) is 86.4 Å². The zero-order valence-corrected chi connectivity index (χ0v) is 15.9. The van der Waals surface area contributed by atoms with Gasteiger partial charge in [-0.3, -0.25) is 4.79 Å². The number of hydrogen-bond donors (Lipinski definition) is 1. The lowest BCUT2D eigenvalue weighted by Crippen LogP contribution is -2.29. The molecule has 144 valence electrons. The van der Waals surface area contributed by atoms with Crippen LogP contribution in [0.4, 0.5) is 4.39 Å². The Morgan fingerprint density at radius 2 is 2.00 bits per heavy atom. The Kier molecular flexibility index (Phi) is 5.90. The first-order valence-electron chi connectivity index (χ1n) is 8.71. The number of carbonyl (C=O) groups is 1. The van der Waals surface area contributed by atoms with Gasteiger partial charge in [0.2, 0.25) is 0 Å². The van der Waals surface area contributed by atoms with Crippen LogP contribution in [-0.2, 0) is 13.0 Å². The van der Waals surface area contributed by atoms with Gasteiger partial charge in [-0.15, -0.1) is 0 Å². The van der Waals surface area contributed by atoms with Gasteiger partial charge in [-0.05, 0) is 67.3 Å². The summed E-state index contributed by atoms with van der Waals surface area (Å²) >= 11 is 5.97. The summed E-state index contributed by atoms with van der Waals surface area (Å²) in [6, 6.07) is 13.0. The van der Waals surface area contributed by atoms with E-state index in [1.54, 1.807) is 19.1 Å². The molecule has 7 heteroatoms. The van der Waals surface area contributed by atoms with Gasteiger partial charge in [-0.1, -0.05) is 23.7 Å². The Hall–Kier alpha value is -2.99. The third-order valence-electron chi connectivity index (χ3n) is 4.38. The van der Waals surface area contributed by atoms with Gasteiger partial charge in [0.15, 0.2) is 0 Å². The molecule has 3 aromatic rings. The molecule has 1 heterocycles. The smallest absolute Gasteiger partial charge is 0.341 e. The molecule has 0 fully saturated rings. The molecule has 0 bridgehead atoms. The normalized spacial score (nSPS) is 10.8. The summed E-state index contributed by atoms with van der Waals surface area (Å²) in [4.78, 5) is 23.9. The Bertz CT molecular complexity index is 1100. The second-order valence-electron chi connectivity index (χ2n) is 6.47. The van der Waals surface area contributed by atoms with Gasteiger partial charge in [0.25, 0.3) is 5.56 Å². The molecule has 0 saturated carbocycles. The quantitative estimate of drug-likeness (QED) is 0.668. The number of halogens is 2. The van der Waals surface area contributed by atoms with Gasteiger partial charge >= 0.3 is 5.97 Å². The first-order chi connectivity index (χ1) is 13.3. The predicted octanol–water partition coefficient (Wildman–Crippen LogP) is 4.34. The van der Waals surface area contributed by atoms with Gasteiger partial charge in [0, 0.05) is 17.1 Å². The van der Waals surface area contributed by atoms with Crippen LogP contribution in [0.15, 0.2) is 53.3 Å². The van der Waals surface area contributed by atoms with Crippen LogP contribution in [0.25, 0.3) is 11.3 Å². The van der Waals surface area contributed by atoms with Gasteiger partial charge in [0.05, 0.1) is 5.69 Å². The monoisotopic (exact) mass is 400 g/mol. The number of aryl methyl sites for hydroxylation is 3. The number of carboxylic acids is 1. The van der Waals surface area contributed by atoms with Crippen LogP contribution in [0.5, 0.6) is 0 Å². The highest BCUT2D eigenvalue weighted by atomic mass is 35.5. The summed E-state index contributed by atoms with van der Waals surface area (Å²) in [5.41, 5.74) is 1.25. The molecule has 1 N–H and O–H groups in total. The molecular weight excluding hydrogens is 383 g/mol. The fourth-order valence-electron chi connectivity index (χ4n) is 2.92. The molecule has 0 amide bonds. The molecule has 2 aromatic carbocycles. The van der Waals surface area contributed by atoms with Crippen LogP contribution in [0, 0.1) is 12.7 Å². The van der Waals surface area contributed by atoms with E-state index < -0.39 is 11.5 Å². The second-order valence-corrected chi connectivity index (χ2v) is 6.91. The first kappa shape index (κ1) is 19.8. The van der Waals surface area contributed by atoms with Crippen LogP contribution in [0.1, 0.15) is 27.9 Å². The maximum Gasteiger partial charge on any atom is 0.341 e. The number of hydrogen-bond acceptors (Lipinski definition) is 3. The average molecular weight is 401 g/mol. The van der Waals surface area contributed by atoms with Crippen molar-refractivity contribution in [1.82, 2.24) is 9.78 Å². The van der Waals surface area contributed by atoms with E-state index in [4.69, 9.17) is 11.6 Å². The number of nitrogens with zero attached hydrogens (tertiary/aromatic N) is 2. The molecule has 0 aliphatic rings. The summed E-state index contributed by atoms with van der Waals surface area (Å²) in [7, 11) is 0. The van der Waals surface area contributed by atoms with E-state index in [1.807, 2.05) is 18.2 Å². The van der Waals surface area contributed by atoms with Crippen molar-refractivity contribution in [3.63, 3.8) is 0 Å². The summed E-state index contributed by atoms with van der Waals surface area (Å²) in [6.45, 7) is 1.86. The molecule has 3 rings (SSSR count). The average Bonchev–Trinajstić information content (AvgIpc) is 2.65. The van der Waals surface area contributed by atoms with Gasteiger partial charge < -0.3 is 5.11 Å². The van der Waals surface area contributed by atoms with Crippen molar-refractivity contribution in [2.24, 2.45) is 0 Å². The lowest BCUT2D eigenvalue weighted by molar-refractivity contribution is 0.0693. The maximum atomic E-state index is 13.5. The van der Waals surface area contributed by atoms with E-state index in [0.29, 0.717) is 34.7 Å². The van der Waals surface area contributed by atoms with E-state index >= 15 is 0 Å². The molecule has 0 spiro atoms. The summed E-state index contributed by atoms with van der Waals surface area (Å²) < 4.78 is 14.7. The second kappa shape index (κ2) is 8.35. The number of rotatable bonds is 6. The summed E-state index contributed by atoms with van der Waals surface area (Å²) in [6.07, 6.45) is 1.25. The minimum absolute atomic E-state index is 0.250. The Balaban J connectivity index is 1.91. The van der Waals surface area contributed by atoms with E-state index in [2.05, 4.69) is 5.10 Å². The minimum atomic E-state index is -1.32. The topological polar surface area (TPSA) is 72.2 Å². The van der Waals surface area contributed by atoms with Crippen molar-refractivity contribution in [2.75, 3.05) is 0 Å². The van der Waals surface area contributed by atoms with Crippen molar-refractivity contribution in [1.29, 1.82) is 0 Å². The number of aromatic carboxylic acids is 1. The molecule has 1 aromatic heterocycles. The van der Waals surface area contributed by atoms with Gasteiger partial charge in [-0.25, -0.2) is 13.9 Å². The lowest BCUT2D eigenvalue weighted by atomic mass is 10.1. The van der Waals surface area contributed by atoms with Gasteiger partial charge in [-0.2, -0.15) is 5.10 Å². The predicted molar refractivity (Wildman–Crippen MR) is 105 cm³/mol. The highest BCUT2D eigenvalue weighted by molar-refractivity contribution is 6.30. The molecular formula is C21H18ClFN2O3. The SMILES string of the molecule is Cc1cc(-c2cc(C(=O)O)c(=O)n(CCCc3cccc(Cl)c3)n2)ccc1F. The Morgan fingerprint density at radius 1 is 1.21 bits per heavy atom. The number of carboxylic acid groups (broad SMARTS) is 1. The lowest BCUT2D eigenvalue weighted by Gasteiger charge is -2.10. The fraction of sp³-hybridized carbons (Fsp3) is 0.190. The van der Waals surface area contributed by atoms with E-state index in [9.17, 15) is 19.1 Å². The van der Waals surface area contributed by atoms with Crippen LogP contribution in [0.2, 0.25) is 5.02 Å². The van der Waals surface area contributed by atoms with E-state index in [1.165, 1.54) is 18.2 Å². The van der Waals surface area contributed by atoms with Crippen molar-refractivity contribution < 1.29 is 14.3 Å². The number of benzene rings is 2. The molecule has 5 nitrogen and oxygen atoms in total. The zero-order valence-electron chi connectivity index (χ0n) is 15.2. The number of aromatic nitrogens is 2. The largest absolute Gasteiger partial charge is 0.477 e. The highest BCUT2D eigenvalue weighted by Crippen LogP contribution is 2.20. The van der Waals surface area contributed by atoms with E-state index in [0.717, 1.165) is 10.2 Å². The van der Waals surface area contributed by atoms with Gasteiger partial charge in [0.1, 0.15) is 11.4 Å². The molecule has 0 unspecified atom stereocenters. The summed E-state index contributed by atoms with van der Waals surface area (Å²) in [5, 5.41) is 14.3. The molecule has 0 atom stereocenters. The van der Waals surface area contributed by atoms with Crippen molar-refractivity contribution in [3.8, 4) is 11.3 Å². The standard InChI is InChI=1S/C21H18ClFN2O3/c1-13-10-15(7-8-18(13)23)19-12-17(21(27)28)20(26)25(24-19)9-3-5-14-4-2-6-16(22)11-14/h2,4,6-8,10-12H,3,5,9H2,1H3,(H,27,28). The third kappa shape index (κ3) is 4.46.